The molecule has 2 fully saturated rings. The van der Waals surface area contributed by atoms with E-state index in [1.54, 1.807) is 24.3 Å². The molecule has 2 aromatic rings. The standard InChI is InChI=1S/C22H19N5O7/c1-34-15-7-6-10(27(32)33)8-14(15)26-19(29)17-13(9-16(23)28)25-22(18(17)20(26)30)11-4-2-3-5-12(11)24-21(22)31/h2-8,13,17-18,25H,9H2,1H3,(H2,23,28)(H,24,31)/t13-,17-,18-,22+/m0/s1. The molecule has 3 aliphatic heterocycles. The third-order valence-electron chi connectivity index (χ3n) is 6.66. The molecular weight excluding hydrogens is 446 g/mol. The Bertz CT molecular complexity index is 1290. The van der Waals surface area contributed by atoms with Crippen LogP contribution < -0.4 is 26.0 Å². The molecule has 0 aromatic heterocycles. The lowest BCUT2D eigenvalue weighted by atomic mass is 9.76. The molecule has 4 amide bonds. The van der Waals surface area contributed by atoms with E-state index in [0.29, 0.717) is 11.3 Å². The molecule has 2 saturated heterocycles. The number of primary amides is 1. The van der Waals surface area contributed by atoms with Crippen LogP contribution in [0.5, 0.6) is 5.75 Å². The number of nitrogens with one attached hydrogen (secondary N) is 2. The van der Waals surface area contributed by atoms with Gasteiger partial charge in [-0.25, -0.2) is 4.90 Å². The van der Waals surface area contributed by atoms with Crippen molar-refractivity contribution in [2.45, 2.75) is 18.0 Å². The van der Waals surface area contributed by atoms with E-state index in [4.69, 9.17) is 10.5 Å². The Morgan fingerprint density at radius 1 is 1.21 bits per heavy atom. The fourth-order valence-electron chi connectivity index (χ4n) is 5.35. The minimum absolute atomic E-state index is 0.0667. The van der Waals surface area contributed by atoms with Crippen molar-refractivity contribution in [2.75, 3.05) is 17.3 Å². The van der Waals surface area contributed by atoms with Crippen molar-refractivity contribution in [1.82, 2.24) is 5.32 Å². The van der Waals surface area contributed by atoms with E-state index in [0.717, 1.165) is 11.0 Å². The van der Waals surface area contributed by atoms with Crippen LogP contribution in [0.15, 0.2) is 42.5 Å². The average Bonchev–Trinajstić information content (AvgIpc) is 3.37. The van der Waals surface area contributed by atoms with Crippen LogP contribution in [-0.2, 0) is 24.7 Å². The van der Waals surface area contributed by atoms with Crippen molar-refractivity contribution in [3.8, 4) is 5.75 Å². The maximum Gasteiger partial charge on any atom is 0.271 e. The number of ether oxygens (including phenoxy) is 1. The maximum atomic E-state index is 13.8. The van der Waals surface area contributed by atoms with Gasteiger partial charge in [0.05, 0.1) is 23.9 Å². The first-order chi connectivity index (χ1) is 16.2. The molecule has 3 aliphatic rings. The number of hydrogen-bond donors (Lipinski definition) is 3. The number of non-ortho nitro benzene ring substituents is 1. The fraction of sp³-hybridized carbons (Fsp3) is 0.273. The van der Waals surface area contributed by atoms with E-state index in [1.165, 1.54) is 19.2 Å². The summed E-state index contributed by atoms with van der Waals surface area (Å²) >= 11 is 0. The summed E-state index contributed by atoms with van der Waals surface area (Å²) in [6, 6.07) is 9.38. The number of imide groups is 1. The Hall–Kier alpha value is -4.32. The molecule has 0 bridgehead atoms. The lowest BCUT2D eigenvalue weighted by Gasteiger charge is -2.29. The van der Waals surface area contributed by atoms with Gasteiger partial charge >= 0.3 is 0 Å². The van der Waals surface area contributed by atoms with Gasteiger partial charge in [-0.05, 0) is 12.1 Å². The highest BCUT2D eigenvalue weighted by molar-refractivity contribution is 6.26. The second-order valence-electron chi connectivity index (χ2n) is 8.36. The SMILES string of the molecule is COc1ccc([N+](=O)[O-])cc1N1C(=O)[C@H]2[C@H](CC(N)=O)N[C@@]3(C(=O)Nc4ccccc43)[C@@H]2C1=O. The fourth-order valence-corrected chi connectivity index (χ4v) is 5.35. The van der Waals surface area contributed by atoms with Gasteiger partial charge in [0, 0.05) is 35.8 Å². The van der Waals surface area contributed by atoms with E-state index >= 15 is 0 Å². The highest BCUT2D eigenvalue weighted by atomic mass is 16.6. The van der Waals surface area contributed by atoms with Gasteiger partial charge in [0.2, 0.25) is 23.6 Å². The van der Waals surface area contributed by atoms with Gasteiger partial charge in [-0.15, -0.1) is 0 Å². The number of amides is 4. The van der Waals surface area contributed by atoms with Crippen molar-refractivity contribution < 1.29 is 28.8 Å². The first-order valence-electron chi connectivity index (χ1n) is 10.4. The first-order valence-corrected chi connectivity index (χ1v) is 10.4. The van der Waals surface area contributed by atoms with E-state index in [9.17, 15) is 29.3 Å². The quantitative estimate of drug-likeness (QED) is 0.323. The zero-order valence-corrected chi connectivity index (χ0v) is 17.8. The molecule has 174 valence electrons. The van der Waals surface area contributed by atoms with Crippen LogP contribution >= 0.6 is 0 Å². The van der Waals surface area contributed by atoms with Crippen LogP contribution in [-0.4, -0.2) is 41.7 Å². The molecule has 4 N–H and O–H groups in total. The summed E-state index contributed by atoms with van der Waals surface area (Å²) in [4.78, 5) is 64.1. The summed E-state index contributed by atoms with van der Waals surface area (Å²) in [5, 5.41) is 17.2. The average molecular weight is 465 g/mol. The summed E-state index contributed by atoms with van der Waals surface area (Å²) in [5.74, 6) is -4.95. The number of carbonyl (C=O) groups excluding carboxylic acids is 4. The van der Waals surface area contributed by atoms with Crippen LogP contribution in [0, 0.1) is 22.0 Å². The third kappa shape index (κ3) is 2.75. The molecule has 2 aromatic carbocycles. The van der Waals surface area contributed by atoms with Gasteiger partial charge in [-0.1, -0.05) is 18.2 Å². The summed E-state index contributed by atoms with van der Waals surface area (Å²) in [5.41, 5.74) is 4.28. The number of carbonyl (C=O) groups is 4. The highest BCUT2D eigenvalue weighted by Gasteiger charge is 2.70. The van der Waals surface area contributed by atoms with Crippen molar-refractivity contribution in [3.05, 3.63) is 58.1 Å². The minimum Gasteiger partial charge on any atom is -0.495 e. The topological polar surface area (TPSA) is 174 Å². The number of rotatable bonds is 5. The van der Waals surface area contributed by atoms with Gasteiger partial charge in [-0.3, -0.25) is 34.6 Å². The smallest absolute Gasteiger partial charge is 0.271 e. The lowest BCUT2D eigenvalue weighted by molar-refractivity contribution is -0.384. The summed E-state index contributed by atoms with van der Waals surface area (Å²) in [7, 11) is 1.30. The minimum atomic E-state index is -1.61. The molecule has 12 heteroatoms. The van der Waals surface area contributed by atoms with Crippen molar-refractivity contribution >= 4 is 40.7 Å². The number of anilines is 2. The number of hydrogen-bond acceptors (Lipinski definition) is 8. The second-order valence-corrected chi connectivity index (χ2v) is 8.36. The van der Waals surface area contributed by atoms with E-state index < -0.39 is 52.0 Å². The molecule has 12 nitrogen and oxygen atoms in total. The molecule has 34 heavy (non-hydrogen) atoms. The number of fused-ring (bicyclic) bond motifs is 4. The molecule has 5 rings (SSSR count). The summed E-state index contributed by atoms with van der Waals surface area (Å²) < 4.78 is 5.26. The number of methoxy groups -OCH3 is 1. The third-order valence-corrected chi connectivity index (χ3v) is 6.66. The number of benzene rings is 2. The molecule has 3 heterocycles. The van der Waals surface area contributed by atoms with Crippen LogP contribution in [0.2, 0.25) is 0 Å². The predicted molar refractivity (Wildman–Crippen MR) is 117 cm³/mol. The Morgan fingerprint density at radius 3 is 2.62 bits per heavy atom. The van der Waals surface area contributed by atoms with Crippen molar-refractivity contribution in [3.63, 3.8) is 0 Å². The van der Waals surface area contributed by atoms with Crippen LogP contribution in [0.3, 0.4) is 0 Å². The summed E-state index contributed by atoms with van der Waals surface area (Å²) in [6.45, 7) is 0. The number of para-hydroxylation sites is 1. The molecular formula is C22H19N5O7. The number of nitrogens with zero attached hydrogens (tertiary/aromatic N) is 2. The van der Waals surface area contributed by atoms with Crippen molar-refractivity contribution in [1.29, 1.82) is 0 Å². The molecule has 0 unspecified atom stereocenters. The highest BCUT2D eigenvalue weighted by Crippen LogP contribution is 2.54. The molecule has 0 radical (unpaired) electrons. The molecule has 4 atom stereocenters. The number of nitro groups is 1. The van der Waals surface area contributed by atoms with Crippen molar-refractivity contribution in [2.24, 2.45) is 17.6 Å². The van der Waals surface area contributed by atoms with Crippen LogP contribution in [0.25, 0.3) is 0 Å². The Kier molecular flexibility index (Phi) is 4.65. The summed E-state index contributed by atoms with van der Waals surface area (Å²) in [6.07, 6.45) is -0.294. The maximum absolute atomic E-state index is 13.8. The van der Waals surface area contributed by atoms with Crippen LogP contribution in [0.1, 0.15) is 12.0 Å². The Balaban J connectivity index is 1.69. The van der Waals surface area contributed by atoms with Gasteiger partial charge in [0.25, 0.3) is 5.69 Å². The Morgan fingerprint density at radius 2 is 1.94 bits per heavy atom. The number of nitrogens with two attached hydrogens (primary N) is 1. The molecule has 1 spiro atoms. The molecule has 0 saturated carbocycles. The number of nitro benzene ring substituents is 1. The van der Waals surface area contributed by atoms with Gasteiger partial charge in [0.15, 0.2) is 0 Å². The zero-order chi connectivity index (χ0) is 24.4. The normalized spacial score (nSPS) is 27.0. The van der Waals surface area contributed by atoms with Gasteiger partial charge in [-0.2, -0.15) is 0 Å². The van der Waals surface area contributed by atoms with E-state index in [-0.39, 0.29) is 23.5 Å². The van der Waals surface area contributed by atoms with Crippen LogP contribution in [0.4, 0.5) is 17.1 Å². The van der Waals surface area contributed by atoms with E-state index in [1.807, 2.05) is 0 Å². The Labute approximate surface area is 192 Å². The van der Waals surface area contributed by atoms with Gasteiger partial charge < -0.3 is 15.8 Å². The molecule has 0 aliphatic carbocycles. The largest absolute Gasteiger partial charge is 0.495 e. The predicted octanol–water partition coefficient (Wildman–Crippen LogP) is 0.404. The van der Waals surface area contributed by atoms with E-state index in [2.05, 4.69) is 10.6 Å². The second kappa shape index (κ2) is 7.35. The lowest BCUT2D eigenvalue weighted by Crippen LogP contribution is -2.53. The zero-order valence-electron chi connectivity index (χ0n) is 17.8. The monoisotopic (exact) mass is 465 g/mol. The first kappa shape index (κ1) is 21.5. The van der Waals surface area contributed by atoms with Gasteiger partial charge in [0.1, 0.15) is 17.0 Å².